The second-order valence-electron chi connectivity index (χ2n) is 5.07. The van der Waals surface area contributed by atoms with E-state index in [1.54, 1.807) is 0 Å². The highest BCUT2D eigenvalue weighted by Gasteiger charge is 2.43. The van der Waals surface area contributed by atoms with Crippen molar-refractivity contribution in [3.63, 3.8) is 0 Å². The maximum Gasteiger partial charge on any atom is 0.343 e. The van der Waals surface area contributed by atoms with Crippen LogP contribution in [0.3, 0.4) is 0 Å². The third-order valence-corrected chi connectivity index (χ3v) is 4.15. The number of ether oxygens (including phenoxy) is 3. The lowest BCUT2D eigenvalue weighted by Gasteiger charge is -2.37. The van der Waals surface area contributed by atoms with Crippen molar-refractivity contribution in [3.05, 3.63) is 27.7 Å². The third-order valence-electron chi connectivity index (χ3n) is 3.53. The first-order chi connectivity index (χ1) is 11.3. The minimum Gasteiger partial charge on any atom is -0.494 e. The molecule has 0 spiro atoms. The van der Waals surface area contributed by atoms with Gasteiger partial charge in [-0.2, -0.15) is 0 Å². The highest BCUT2D eigenvalue weighted by Crippen LogP contribution is 2.34. The van der Waals surface area contributed by atoms with E-state index in [9.17, 15) is 25.2 Å². The average Bonchev–Trinajstić information content (AvgIpc) is 2.56. The summed E-state index contributed by atoms with van der Waals surface area (Å²) in [5.41, 5.74) is -0.113. The van der Waals surface area contributed by atoms with Gasteiger partial charge in [0, 0.05) is 0 Å². The molecule has 134 valence electrons. The Kier molecular flexibility index (Phi) is 6.27. The van der Waals surface area contributed by atoms with Gasteiger partial charge in [-0.15, -0.1) is 0 Å². The molecule has 10 heteroatoms. The van der Waals surface area contributed by atoms with Crippen molar-refractivity contribution in [2.75, 3.05) is 13.7 Å². The van der Waals surface area contributed by atoms with Crippen LogP contribution in [0.1, 0.15) is 10.4 Å². The summed E-state index contributed by atoms with van der Waals surface area (Å²) in [6.45, 7) is -0.507. The fraction of sp³-hybridized carbons (Fsp3) is 0.500. The molecular weight excluding hydrogens is 367 g/mol. The van der Waals surface area contributed by atoms with E-state index in [0.29, 0.717) is 0 Å². The number of aliphatic hydroxyl groups is 4. The largest absolute Gasteiger partial charge is 0.494 e. The van der Waals surface area contributed by atoms with Gasteiger partial charge in [-0.25, -0.2) is 4.79 Å². The molecule has 0 unspecified atom stereocenters. The van der Waals surface area contributed by atoms with Crippen LogP contribution in [-0.2, 0) is 9.47 Å². The molecule has 1 fully saturated rings. The van der Waals surface area contributed by atoms with Crippen LogP contribution < -0.4 is 4.74 Å². The highest BCUT2D eigenvalue weighted by molar-refractivity contribution is 6.37. The van der Waals surface area contributed by atoms with Crippen molar-refractivity contribution >= 4 is 29.2 Å². The van der Waals surface area contributed by atoms with Crippen molar-refractivity contribution in [1.29, 1.82) is 0 Å². The minimum absolute atomic E-state index is 0.0229. The Morgan fingerprint density at radius 2 is 1.75 bits per heavy atom. The normalized spacial score (nSPS) is 30.0. The maximum atomic E-state index is 12.2. The molecule has 4 N–H and O–H groups in total. The van der Waals surface area contributed by atoms with E-state index in [-0.39, 0.29) is 21.4 Å². The monoisotopic (exact) mass is 382 g/mol. The maximum absolute atomic E-state index is 12.2. The van der Waals surface area contributed by atoms with Crippen LogP contribution in [-0.4, -0.2) is 70.8 Å². The van der Waals surface area contributed by atoms with Gasteiger partial charge in [-0.05, 0) is 12.1 Å². The molecule has 5 atom stereocenters. The zero-order valence-electron chi connectivity index (χ0n) is 12.4. The van der Waals surface area contributed by atoms with E-state index >= 15 is 0 Å². The summed E-state index contributed by atoms with van der Waals surface area (Å²) in [5, 5.41) is 38.4. The second kappa shape index (κ2) is 7.83. The molecule has 1 saturated heterocycles. The molecule has 1 heterocycles. The van der Waals surface area contributed by atoms with E-state index in [4.69, 9.17) is 37.4 Å². The Morgan fingerprint density at radius 3 is 2.38 bits per heavy atom. The molecule has 2 rings (SSSR count). The minimum atomic E-state index is -1.73. The van der Waals surface area contributed by atoms with E-state index in [1.807, 2.05) is 0 Å². The van der Waals surface area contributed by atoms with Gasteiger partial charge in [-0.1, -0.05) is 23.2 Å². The lowest BCUT2D eigenvalue weighted by molar-refractivity contribution is -0.286. The quantitative estimate of drug-likeness (QED) is 0.534. The number of esters is 1. The molecule has 1 aromatic carbocycles. The Morgan fingerprint density at radius 1 is 1.12 bits per heavy atom. The molecule has 24 heavy (non-hydrogen) atoms. The number of hydrogen-bond donors (Lipinski definition) is 4. The molecule has 8 nitrogen and oxygen atoms in total. The molecule has 0 aliphatic carbocycles. The van der Waals surface area contributed by atoms with Gasteiger partial charge < -0.3 is 34.6 Å². The summed E-state index contributed by atoms with van der Waals surface area (Å²) in [6.07, 6.45) is -7.85. The van der Waals surface area contributed by atoms with Crippen LogP contribution >= 0.6 is 23.2 Å². The number of rotatable bonds is 4. The van der Waals surface area contributed by atoms with E-state index < -0.39 is 43.3 Å². The SMILES string of the molecule is COc1c(Cl)ccc(Cl)c1C(=O)OC[C@H]1O[C@@H](O)[C@H](O)[C@@H](O)[C@@H]1O. The van der Waals surface area contributed by atoms with Crippen LogP contribution in [0.4, 0.5) is 0 Å². The molecule has 0 bridgehead atoms. The van der Waals surface area contributed by atoms with E-state index in [2.05, 4.69) is 0 Å². The van der Waals surface area contributed by atoms with Crippen LogP contribution in [0.2, 0.25) is 10.0 Å². The standard InChI is InChI=1S/C14H16Cl2O8/c1-22-12-6(16)3-2-5(15)8(12)13(20)23-4-7-9(17)10(18)11(19)14(21)24-7/h2-3,7,9-11,14,17-19,21H,4H2,1H3/t7-,9-,10+,11-,14-/m1/s1. The summed E-state index contributed by atoms with van der Waals surface area (Å²) in [4.78, 5) is 12.2. The fourth-order valence-electron chi connectivity index (χ4n) is 2.22. The smallest absolute Gasteiger partial charge is 0.343 e. The van der Waals surface area contributed by atoms with Gasteiger partial charge in [0.25, 0.3) is 0 Å². The van der Waals surface area contributed by atoms with Gasteiger partial charge in [0.15, 0.2) is 12.0 Å². The summed E-state index contributed by atoms with van der Waals surface area (Å²) < 4.78 is 14.9. The van der Waals surface area contributed by atoms with Crippen molar-refractivity contribution in [2.24, 2.45) is 0 Å². The lowest BCUT2D eigenvalue weighted by Crippen LogP contribution is -2.58. The second-order valence-corrected chi connectivity index (χ2v) is 5.89. The molecule has 0 aromatic heterocycles. The van der Waals surface area contributed by atoms with Crippen LogP contribution in [0.25, 0.3) is 0 Å². The van der Waals surface area contributed by atoms with Gasteiger partial charge >= 0.3 is 5.97 Å². The average molecular weight is 383 g/mol. The number of aliphatic hydroxyl groups excluding tert-OH is 4. The van der Waals surface area contributed by atoms with Gasteiger partial charge in [0.2, 0.25) is 0 Å². The number of methoxy groups -OCH3 is 1. The lowest BCUT2D eigenvalue weighted by atomic mass is 9.99. The van der Waals surface area contributed by atoms with Crippen molar-refractivity contribution < 1.29 is 39.4 Å². The predicted octanol–water partition coefficient (Wildman–Crippen LogP) is -0.0413. The molecule has 0 amide bonds. The molecule has 0 saturated carbocycles. The summed E-state index contributed by atoms with van der Waals surface area (Å²) >= 11 is 11.9. The van der Waals surface area contributed by atoms with E-state index in [1.165, 1.54) is 19.2 Å². The first-order valence-corrected chi connectivity index (χ1v) is 7.60. The van der Waals surface area contributed by atoms with Crippen LogP contribution in [0.15, 0.2) is 12.1 Å². The Labute approximate surface area is 147 Å². The Balaban J connectivity index is 2.10. The van der Waals surface area contributed by atoms with Crippen LogP contribution in [0, 0.1) is 0 Å². The van der Waals surface area contributed by atoms with Crippen molar-refractivity contribution in [1.82, 2.24) is 0 Å². The summed E-state index contributed by atoms with van der Waals surface area (Å²) in [6, 6.07) is 2.83. The number of carbonyl (C=O) groups is 1. The molecule has 1 aromatic rings. The zero-order chi connectivity index (χ0) is 18.0. The van der Waals surface area contributed by atoms with Gasteiger partial charge in [-0.3, -0.25) is 0 Å². The molecular formula is C14H16Cl2O8. The number of halogens is 2. The Hall–Kier alpha value is -1.13. The first kappa shape index (κ1) is 19.2. The summed E-state index contributed by atoms with van der Waals surface area (Å²) in [7, 11) is 1.30. The molecule has 1 aliphatic heterocycles. The molecule has 0 radical (unpaired) electrons. The topological polar surface area (TPSA) is 126 Å². The number of benzene rings is 1. The zero-order valence-corrected chi connectivity index (χ0v) is 13.9. The summed E-state index contributed by atoms with van der Waals surface area (Å²) in [5.74, 6) is -0.875. The van der Waals surface area contributed by atoms with Crippen molar-refractivity contribution in [2.45, 2.75) is 30.7 Å². The van der Waals surface area contributed by atoms with Gasteiger partial charge in [0.05, 0.1) is 17.2 Å². The first-order valence-electron chi connectivity index (χ1n) is 6.84. The molecule has 1 aliphatic rings. The van der Waals surface area contributed by atoms with Crippen LogP contribution in [0.5, 0.6) is 5.75 Å². The number of hydrogen-bond acceptors (Lipinski definition) is 8. The fourth-order valence-corrected chi connectivity index (χ4v) is 2.68. The Bertz CT molecular complexity index is 611. The van der Waals surface area contributed by atoms with E-state index in [0.717, 1.165) is 0 Å². The third kappa shape index (κ3) is 3.75. The number of carbonyl (C=O) groups excluding carboxylic acids is 1. The highest BCUT2D eigenvalue weighted by atomic mass is 35.5. The predicted molar refractivity (Wildman–Crippen MR) is 82.2 cm³/mol. The van der Waals surface area contributed by atoms with Crippen molar-refractivity contribution in [3.8, 4) is 5.75 Å². The van der Waals surface area contributed by atoms with Gasteiger partial charge in [0.1, 0.15) is 36.6 Å².